The molecule has 6 heteroatoms. The molecular weight excluding hydrogens is 305 g/mol. The molecule has 0 aliphatic rings. The first kappa shape index (κ1) is 12.5. The van der Waals surface area contributed by atoms with E-state index in [1.165, 1.54) is 0 Å². The van der Waals surface area contributed by atoms with E-state index in [0.717, 1.165) is 16.5 Å². The van der Waals surface area contributed by atoms with Crippen LogP contribution < -0.4 is 5.73 Å². The van der Waals surface area contributed by atoms with Crippen LogP contribution in [-0.2, 0) is 6.42 Å². The second-order valence-electron chi connectivity index (χ2n) is 3.52. The highest BCUT2D eigenvalue weighted by Crippen LogP contribution is 2.29. The molecule has 0 radical (unpaired) electrons. The van der Waals surface area contributed by atoms with E-state index in [1.54, 1.807) is 12.1 Å². The maximum absolute atomic E-state index is 5.87. The average Bonchev–Trinajstić information content (AvgIpc) is 2.75. The fraction of sp³-hybridized carbons (Fsp3) is 0.273. The van der Waals surface area contributed by atoms with Crippen LogP contribution in [0.15, 0.2) is 27.1 Å². The van der Waals surface area contributed by atoms with Crippen LogP contribution in [0.5, 0.6) is 0 Å². The molecule has 0 unspecified atom stereocenters. The van der Waals surface area contributed by atoms with Crippen molar-refractivity contribution in [3.8, 4) is 11.5 Å². The summed E-state index contributed by atoms with van der Waals surface area (Å²) in [7, 11) is 0. The fourth-order valence-electron chi connectivity index (χ4n) is 1.38. The van der Waals surface area contributed by atoms with Gasteiger partial charge in [-0.2, -0.15) is 0 Å². The van der Waals surface area contributed by atoms with Crippen LogP contribution in [0.4, 0.5) is 0 Å². The summed E-state index contributed by atoms with van der Waals surface area (Å²) in [6.45, 7) is 0.613. The van der Waals surface area contributed by atoms with Crippen molar-refractivity contribution in [2.24, 2.45) is 5.73 Å². The van der Waals surface area contributed by atoms with Crippen molar-refractivity contribution in [1.29, 1.82) is 0 Å². The van der Waals surface area contributed by atoms with Crippen LogP contribution in [0.25, 0.3) is 11.5 Å². The summed E-state index contributed by atoms with van der Waals surface area (Å²) in [5, 5.41) is 8.62. The Balaban J connectivity index is 2.24. The first-order valence-electron chi connectivity index (χ1n) is 5.18. The molecule has 0 fully saturated rings. The molecule has 0 amide bonds. The van der Waals surface area contributed by atoms with Crippen LogP contribution in [0.2, 0.25) is 5.02 Å². The van der Waals surface area contributed by atoms with Gasteiger partial charge in [-0.25, -0.2) is 0 Å². The monoisotopic (exact) mass is 315 g/mol. The molecule has 0 bridgehead atoms. The highest BCUT2D eigenvalue weighted by Gasteiger charge is 2.11. The third kappa shape index (κ3) is 3.06. The Morgan fingerprint density at radius 1 is 1.35 bits per heavy atom. The quantitative estimate of drug-likeness (QED) is 0.941. The van der Waals surface area contributed by atoms with Gasteiger partial charge in [-0.05, 0) is 47.1 Å². The lowest BCUT2D eigenvalue weighted by molar-refractivity contribution is 0.498. The summed E-state index contributed by atoms with van der Waals surface area (Å²) < 4.78 is 6.37. The number of aryl methyl sites for hydroxylation is 1. The molecule has 2 N–H and O–H groups in total. The number of nitrogens with two attached hydrogens (primary N) is 1. The normalized spacial score (nSPS) is 10.8. The fourth-order valence-corrected chi connectivity index (χ4v) is 2.23. The second-order valence-corrected chi connectivity index (χ2v) is 4.81. The predicted molar refractivity (Wildman–Crippen MR) is 69.8 cm³/mol. The maximum atomic E-state index is 5.87. The van der Waals surface area contributed by atoms with Crippen LogP contribution in [0, 0.1) is 0 Å². The number of aromatic nitrogens is 2. The van der Waals surface area contributed by atoms with Gasteiger partial charge in [-0.1, -0.05) is 11.6 Å². The molecule has 90 valence electrons. The lowest BCUT2D eigenvalue weighted by Crippen LogP contribution is -2.00. The summed E-state index contributed by atoms with van der Waals surface area (Å²) in [6.07, 6.45) is 1.54. The molecule has 4 nitrogen and oxygen atoms in total. The van der Waals surface area contributed by atoms with Crippen molar-refractivity contribution in [1.82, 2.24) is 10.2 Å². The van der Waals surface area contributed by atoms with Crippen LogP contribution >= 0.6 is 27.5 Å². The maximum Gasteiger partial charge on any atom is 0.248 e. The van der Waals surface area contributed by atoms with E-state index in [9.17, 15) is 0 Å². The van der Waals surface area contributed by atoms with Crippen molar-refractivity contribution in [2.75, 3.05) is 6.54 Å². The highest BCUT2D eigenvalue weighted by molar-refractivity contribution is 9.10. The molecule has 0 aliphatic carbocycles. The molecule has 2 aromatic rings. The van der Waals surface area contributed by atoms with Crippen LogP contribution in [0.1, 0.15) is 12.3 Å². The molecule has 0 saturated carbocycles. The zero-order chi connectivity index (χ0) is 12.3. The van der Waals surface area contributed by atoms with Gasteiger partial charge in [0.25, 0.3) is 0 Å². The molecule has 0 spiro atoms. The summed E-state index contributed by atoms with van der Waals surface area (Å²) >= 11 is 9.28. The number of halogens is 2. The lowest BCUT2D eigenvalue weighted by atomic mass is 10.2. The summed E-state index contributed by atoms with van der Waals surface area (Å²) in [6, 6.07) is 5.42. The zero-order valence-electron chi connectivity index (χ0n) is 8.99. The van der Waals surface area contributed by atoms with E-state index in [2.05, 4.69) is 26.1 Å². The largest absolute Gasteiger partial charge is 0.421 e. The van der Waals surface area contributed by atoms with Gasteiger partial charge in [-0.3, -0.25) is 0 Å². The Labute approximate surface area is 112 Å². The molecule has 1 aromatic heterocycles. The zero-order valence-corrected chi connectivity index (χ0v) is 11.3. The smallest absolute Gasteiger partial charge is 0.248 e. The Morgan fingerprint density at radius 2 is 2.18 bits per heavy atom. The number of rotatable bonds is 4. The van der Waals surface area contributed by atoms with Gasteiger partial charge in [0, 0.05) is 15.9 Å². The lowest BCUT2D eigenvalue weighted by Gasteiger charge is -1.99. The van der Waals surface area contributed by atoms with E-state index in [4.69, 9.17) is 21.8 Å². The SMILES string of the molecule is NCCCc1nnc(-c2ccc(Cl)cc2Br)o1. The van der Waals surface area contributed by atoms with E-state index < -0.39 is 0 Å². The first-order chi connectivity index (χ1) is 8.20. The van der Waals surface area contributed by atoms with Gasteiger partial charge in [0.2, 0.25) is 11.8 Å². The number of benzene rings is 1. The number of hydrogen-bond acceptors (Lipinski definition) is 4. The van der Waals surface area contributed by atoms with E-state index in [-0.39, 0.29) is 0 Å². The van der Waals surface area contributed by atoms with Crippen molar-refractivity contribution in [3.63, 3.8) is 0 Å². The van der Waals surface area contributed by atoms with Crippen molar-refractivity contribution < 1.29 is 4.42 Å². The molecule has 1 aromatic carbocycles. The van der Waals surface area contributed by atoms with Crippen molar-refractivity contribution in [2.45, 2.75) is 12.8 Å². The number of hydrogen-bond donors (Lipinski definition) is 1. The average molecular weight is 317 g/mol. The van der Waals surface area contributed by atoms with Gasteiger partial charge >= 0.3 is 0 Å². The third-order valence-electron chi connectivity index (χ3n) is 2.22. The molecule has 0 saturated heterocycles. The van der Waals surface area contributed by atoms with E-state index in [1.807, 2.05) is 6.07 Å². The van der Waals surface area contributed by atoms with Crippen LogP contribution in [0.3, 0.4) is 0 Å². The van der Waals surface area contributed by atoms with Gasteiger partial charge in [0.15, 0.2) is 0 Å². The van der Waals surface area contributed by atoms with Gasteiger partial charge in [0.05, 0.1) is 5.56 Å². The van der Waals surface area contributed by atoms with Crippen molar-refractivity contribution >= 4 is 27.5 Å². The molecule has 1 heterocycles. The summed E-state index contributed by atoms with van der Waals surface area (Å²) in [5.74, 6) is 1.09. The molecule has 0 aliphatic heterocycles. The summed E-state index contributed by atoms with van der Waals surface area (Å²) in [5.41, 5.74) is 6.26. The third-order valence-corrected chi connectivity index (χ3v) is 3.11. The molecular formula is C11H11BrClN3O. The Morgan fingerprint density at radius 3 is 2.88 bits per heavy atom. The van der Waals surface area contributed by atoms with Crippen molar-refractivity contribution in [3.05, 3.63) is 33.6 Å². The van der Waals surface area contributed by atoms with E-state index in [0.29, 0.717) is 29.8 Å². The van der Waals surface area contributed by atoms with Crippen LogP contribution in [-0.4, -0.2) is 16.7 Å². The molecule has 17 heavy (non-hydrogen) atoms. The molecule has 0 atom stereocenters. The first-order valence-corrected chi connectivity index (χ1v) is 6.35. The number of nitrogens with zero attached hydrogens (tertiary/aromatic N) is 2. The van der Waals surface area contributed by atoms with Gasteiger partial charge < -0.3 is 10.2 Å². The second kappa shape index (κ2) is 5.62. The minimum atomic E-state index is 0.487. The predicted octanol–water partition coefficient (Wildman–Crippen LogP) is 3.04. The Hall–Kier alpha value is -0.910. The Kier molecular flexibility index (Phi) is 4.15. The highest BCUT2D eigenvalue weighted by atomic mass is 79.9. The standard InChI is InChI=1S/C11H11BrClN3O/c12-9-6-7(13)3-4-8(9)11-16-15-10(17-11)2-1-5-14/h3-4,6H,1-2,5,14H2. The van der Waals surface area contributed by atoms with Gasteiger partial charge in [0.1, 0.15) is 0 Å². The Bertz CT molecular complexity index is 515. The van der Waals surface area contributed by atoms with E-state index >= 15 is 0 Å². The minimum absolute atomic E-state index is 0.487. The molecule has 2 rings (SSSR count). The minimum Gasteiger partial charge on any atom is -0.421 e. The van der Waals surface area contributed by atoms with Gasteiger partial charge in [-0.15, -0.1) is 10.2 Å². The topological polar surface area (TPSA) is 64.9 Å². The summed E-state index contributed by atoms with van der Waals surface area (Å²) in [4.78, 5) is 0.